The fourth-order valence-electron chi connectivity index (χ4n) is 1.26. The first kappa shape index (κ1) is 18.1. The minimum atomic E-state index is -1.71. The van der Waals surface area contributed by atoms with Crippen molar-refractivity contribution < 1.29 is 9.22 Å². The van der Waals surface area contributed by atoms with Crippen LogP contribution in [0.15, 0.2) is 0 Å². The molecule has 0 fully saturated rings. The molecule has 0 aromatic rings. The number of carbonyl (C=O) groups excluding carboxylic acids is 1. The van der Waals surface area contributed by atoms with E-state index in [1.807, 2.05) is 6.92 Å². The Morgan fingerprint density at radius 1 is 1.39 bits per heavy atom. The number of nitrogens with one attached hydrogen (secondary N) is 1. The van der Waals surface area contributed by atoms with E-state index in [2.05, 4.69) is 55.1 Å². The van der Waals surface area contributed by atoms with E-state index in [4.69, 9.17) is 4.43 Å². The highest BCUT2D eigenvalue weighted by molar-refractivity contribution is 9.09. The molecule has 0 aliphatic carbocycles. The van der Waals surface area contributed by atoms with E-state index < -0.39 is 8.32 Å². The molecule has 1 amide bonds. The smallest absolute Gasteiger partial charge is 0.219 e. The van der Waals surface area contributed by atoms with Gasteiger partial charge >= 0.3 is 0 Å². The lowest BCUT2D eigenvalue weighted by atomic mass is 10.2. The summed E-state index contributed by atoms with van der Waals surface area (Å²) in [5.74, 6) is 0.129. The molecule has 0 aromatic carbocycles. The first-order chi connectivity index (χ1) is 8.10. The van der Waals surface area contributed by atoms with Gasteiger partial charge in [-0.2, -0.15) is 0 Å². The average Bonchev–Trinajstić information content (AvgIpc) is 2.15. The summed E-state index contributed by atoms with van der Waals surface area (Å²) < 4.78 is 6.17. The van der Waals surface area contributed by atoms with Gasteiger partial charge in [-0.1, -0.05) is 36.7 Å². The maximum atomic E-state index is 11.3. The number of rotatable bonds is 7. The zero-order chi connectivity index (χ0) is 14.4. The minimum absolute atomic E-state index is 0.0628. The molecule has 1 atom stereocenters. The van der Waals surface area contributed by atoms with Crippen LogP contribution in [0.5, 0.6) is 0 Å². The third kappa shape index (κ3) is 6.90. The average molecular weight is 338 g/mol. The molecular formula is C13H28BrNO2Si. The molecule has 3 nitrogen and oxygen atoms in total. The van der Waals surface area contributed by atoms with Crippen LogP contribution >= 0.6 is 15.9 Å². The quantitative estimate of drug-likeness (QED) is 0.562. The van der Waals surface area contributed by atoms with Gasteiger partial charge in [0.15, 0.2) is 8.32 Å². The van der Waals surface area contributed by atoms with Gasteiger partial charge in [0.2, 0.25) is 5.91 Å². The molecule has 1 N–H and O–H groups in total. The normalized spacial score (nSPS) is 14.4. The third-order valence-electron chi connectivity index (χ3n) is 3.44. The highest BCUT2D eigenvalue weighted by atomic mass is 79.9. The number of alkyl halides is 1. The first-order valence-electron chi connectivity index (χ1n) is 6.68. The number of hydrogen-bond acceptors (Lipinski definition) is 2. The molecule has 108 valence electrons. The summed E-state index contributed by atoms with van der Waals surface area (Å²) in [6, 6.07) is 0. The molecule has 0 saturated carbocycles. The first-order valence-corrected chi connectivity index (χ1v) is 10.5. The predicted molar refractivity (Wildman–Crippen MR) is 83.5 cm³/mol. The van der Waals surface area contributed by atoms with E-state index in [-0.39, 0.29) is 16.0 Å². The summed E-state index contributed by atoms with van der Waals surface area (Å²) in [6.07, 6.45) is 2.32. The molecule has 0 aromatic heterocycles. The van der Waals surface area contributed by atoms with Crippen LogP contribution in [0.25, 0.3) is 0 Å². The highest BCUT2D eigenvalue weighted by Crippen LogP contribution is 2.38. The van der Waals surface area contributed by atoms with Crippen molar-refractivity contribution in [3.63, 3.8) is 0 Å². The molecule has 0 radical (unpaired) electrons. The van der Waals surface area contributed by atoms with E-state index >= 15 is 0 Å². The minimum Gasteiger partial charge on any atom is -0.404 e. The molecule has 0 unspecified atom stereocenters. The third-order valence-corrected chi connectivity index (χ3v) is 8.91. The lowest BCUT2D eigenvalue weighted by Gasteiger charge is -2.37. The highest BCUT2D eigenvalue weighted by Gasteiger charge is 2.38. The van der Waals surface area contributed by atoms with Gasteiger partial charge in [-0.05, 0) is 37.9 Å². The van der Waals surface area contributed by atoms with Gasteiger partial charge in [0.1, 0.15) is 5.01 Å². The Morgan fingerprint density at radius 3 is 2.39 bits per heavy atom. The van der Waals surface area contributed by atoms with Gasteiger partial charge in [-0.15, -0.1) is 0 Å². The summed E-state index contributed by atoms with van der Waals surface area (Å²) in [7, 11) is -1.71. The number of carbonyl (C=O) groups is 1. The monoisotopic (exact) mass is 337 g/mol. The van der Waals surface area contributed by atoms with Crippen molar-refractivity contribution in [2.45, 2.75) is 70.1 Å². The van der Waals surface area contributed by atoms with Crippen molar-refractivity contribution in [3.8, 4) is 0 Å². The second kappa shape index (κ2) is 7.65. The predicted octanol–water partition coefficient (Wildman–Crippen LogP) is 4.04. The Kier molecular flexibility index (Phi) is 7.71. The van der Waals surface area contributed by atoms with Crippen molar-refractivity contribution in [1.82, 2.24) is 5.32 Å². The van der Waals surface area contributed by atoms with Crippen LogP contribution in [-0.4, -0.2) is 25.8 Å². The molecule has 0 aliphatic rings. The molecule has 18 heavy (non-hydrogen) atoms. The van der Waals surface area contributed by atoms with Crippen molar-refractivity contribution in [1.29, 1.82) is 0 Å². The van der Waals surface area contributed by atoms with Crippen LogP contribution in [0.1, 0.15) is 47.0 Å². The summed E-state index contributed by atoms with van der Waals surface area (Å²) in [6.45, 7) is 13.8. The zero-order valence-corrected chi connectivity index (χ0v) is 15.2. The standard InChI is InChI=1S/C13H28BrNO2Si/c1-7-15-12(16)10-8-9-11(14)17-18(5,6)13(2,3)4/h11H,7-10H2,1-6H3,(H,15,16)/t11-/m1/s1. The van der Waals surface area contributed by atoms with Crippen LogP contribution in [0.2, 0.25) is 18.1 Å². The number of halogens is 1. The second-order valence-electron chi connectivity index (χ2n) is 6.13. The molecule has 0 spiro atoms. The van der Waals surface area contributed by atoms with Gasteiger partial charge in [0.05, 0.1) is 0 Å². The van der Waals surface area contributed by atoms with Gasteiger partial charge in [0.25, 0.3) is 0 Å². The maximum Gasteiger partial charge on any atom is 0.219 e. The molecule has 0 saturated heterocycles. The van der Waals surface area contributed by atoms with Crippen LogP contribution in [0.4, 0.5) is 0 Å². The molecule has 5 heteroatoms. The van der Waals surface area contributed by atoms with Crippen molar-refractivity contribution in [2.75, 3.05) is 6.54 Å². The summed E-state index contributed by atoms with van der Waals surface area (Å²) in [5, 5.41) is 3.09. The Balaban J connectivity index is 3.98. The van der Waals surface area contributed by atoms with Crippen LogP contribution < -0.4 is 5.32 Å². The van der Waals surface area contributed by atoms with E-state index in [0.29, 0.717) is 13.0 Å². The summed E-state index contributed by atoms with van der Waals surface area (Å²) >= 11 is 3.58. The number of hydrogen-bond donors (Lipinski definition) is 1. The SMILES string of the molecule is CCNC(=O)CCC[C@H](Br)O[Si](C)(C)C(C)(C)C. The largest absolute Gasteiger partial charge is 0.404 e. The van der Waals surface area contributed by atoms with Crippen LogP contribution in [-0.2, 0) is 9.22 Å². The fraction of sp³-hybridized carbons (Fsp3) is 0.923. The number of amides is 1. The lowest BCUT2D eigenvalue weighted by Crippen LogP contribution is -2.42. The van der Waals surface area contributed by atoms with Crippen LogP contribution in [0.3, 0.4) is 0 Å². The molecule has 0 bridgehead atoms. The Bertz CT molecular complexity index is 264. The Hall–Kier alpha value is 0.127. The molecular weight excluding hydrogens is 310 g/mol. The topological polar surface area (TPSA) is 38.3 Å². The van der Waals surface area contributed by atoms with Gasteiger partial charge in [-0.25, -0.2) is 0 Å². The Labute approximate surface area is 121 Å². The molecule has 0 heterocycles. The van der Waals surface area contributed by atoms with E-state index in [9.17, 15) is 4.79 Å². The van der Waals surface area contributed by atoms with Crippen molar-refractivity contribution >= 4 is 30.2 Å². The van der Waals surface area contributed by atoms with Gasteiger partial charge < -0.3 is 9.74 Å². The fourth-order valence-corrected chi connectivity index (χ4v) is 4.10. The molecule has 0 rings (SSSR count). The molecule has 0 aliphatic heterocycles. The van der Waals surface area contributed by atoms with Crippen LogP contribution in [0, 0.1) is 0 Å². The van der Waals surface area contributed by atoms with Crippen molar-refractivity contribution in [2.24, 2.45) is 0 Å². The van der Waals surface area contributed by atoms with E-state index in [1.54, 1.807) is 0 Å². The Morgan fingerprint density at radius 2 is 1.94 bits per heavy atom. The van der Waals surface area contributed by atoms with E-state index in [0.717, 1.165) is 12.8 Å². The van der Waals surface area contributed by atoms with E-state index in [1.165, 1.54) is 0 Å². The van der Waals surface area contributed by atoms with Crippen molar-refractivity contribution in [3.05, 3.63) is 0 Å². The maximum absolute atomic E-state index is 11.3. The lowest BCUT2D eigenvalue weighted by molar-refractivity contribution is -0.121. The summed E-state index contributed by atoms with van der Waals surface area (Å²) in [4.78, 5) is 11.3. The van der Waals surface area contributed by atoms with Gasteiger partial charge in [0, 0.05) is 13.0 Å². The van der Waals surface area contributed by atoms with Gasteiger partial charge in [-0.3, -0.25) is 4.79 Å². The zero-order valence-electron chi connectivity index (χ0n) is 12.6. The second-order valence-corrected chi connectivity index (χ2v) is 11.9. The summed E-state index contributed by atoms with van der Waals surface area (Å²) in [5.41, 5.74) is 0.